The summed E-state index contributed by atoms with van der Waals surface area (Å²) in [5, 5.41) is 0. The Morgan fingerprint density at radius 1 is 1.29 bits per heavy atom. The maximum absolute atomic E-state index is 6.08. The van der Waals surface area contributed by atoms with E-state index in [4.69, 9.17) is 10.5 Å². The molecule has 4 nitrogen and oxygen atoms in total. The lowest BCUT2D eigenvalue weighted by Crippen LogP contribution is -2.22. The van der Waals surface area contributed by atoms with Crippen LogP contribution in [0.2, 0.25) is 0 Å². The van der Waals surface area contributed by atoms with Crippen LogP contribution in [0.5, 0.6) is 0 Å². The number of H-pyrrole nitrogens is 1. The number of ether oxygens (including phenoxy) is 1. The molecule has 0 aromatic carbocycles. The molecule has 1 aromatic rings. The molecule has 3 rings (SSSR count). The number of nitrogens with zero attached hydrogens (tertiary/aromatic N) is 1. The summed E-state index contributed by atoms with van der Waals surface area (Å²) in [5.41, 5.74) is 8.44. The van der Waals surface area contributed by atoms with Crippen LogP contribution in [-0.4, -0.2) is 22.7 Å². The van der Waals surface area contributed by atoms with Gasteiger partial charge in [0.15, 0.2) is 0 Å². The van der Waals surface area contributed by atoms with E-state index in [2.05, 4.69) is 9.97 Å². The molecular weight excluding hydrogens is 214 g/mol. The summed E-state index contributed by atoms with van der Waals surface area (Å²) in [6.07, 6.45) is 8.26. The quantitative estimate of drug-likeness (QED) is 0.822. The lowest BCUT2D eigenvalue weighted by Gasteiger charge is -2.21. The van der Waals surface area contributed by atoms with Crippen LogP contribution >= 0.6 is 0 Å². The molecule has 94 valence electrons. The second-order valence-corrected chi connectivity index (χ2v) is 5.24. The van der Waals surface area contributed by atoms with E-state index >= 15 is 0 Å². The zero-order valence-electron chi connectivity index (χ0n) is 10.2. The first-order valence-corrected chi connectivity index (χ1v) is 6.78. The lowest BCUT2D eigenvalue weighted by atomic mass is 9.97. The van der Waals surface area contributed by atoms with Gasteiger partial charge < -0.3 is 15.5 Å². The van der Waals surface area contributed by atoms with Gasteiger partial charge in [-0.2, -0.15) is 0 Å². The molecule has 1 aliphatic heterocycles. The monoisotopic (exact) mass is 235 g/mol. The van der Waals surface area contributed by atoms with Crippen molar-refractivity contribution < 1.29 is 4.74 Å². The van der Waals surface area contributed by atoms with Crippen LogP contribution in [0.3, 0.4) is 0 Å². The third-order valence-electron chi connectivity index (χ3n) is 3.85. The fraction of sp³-hybridized carbons (Fsp3) is 0.769. The Bertz CT molecular complexity index is 382. The molecule has 2 aliphatic rings. The van der Waals surface area contributed by atoms with E-state index in [1.54, 1.807) is 0 Å². The molecular formula is C13H21N3O. The molecule has 1 saturated heterocycles. The van der Waals surface area contributed by atoms with Crippen molar-refractivity contribution in [1.82, 2.24) is 9.97 Å². The van der Waals surface area contributed by atoms with Crippen molar-refractivity contribution in [3.8, 4) is 0 Å². The van der Waals surface area contributed by atoms with Crippen LogP contribution in [0, 0.1) is 0 Å². The Kier molecular flexibility index (Phi) is 3.16. The fourth-order valence-electron chi connectivity index (χ4n) is 2.89. The number of aromatic amines is 1. The number of hydrogen-bond donors (Lipinski definition) is 2. The van der Waals surface area contributed by atoms with Gasteiger partial charge in [-0.1, -0.05) is 0 Å². The molecule has 0 bridgehead atoms. The van der Waals surface area contributed by atoms with Gasteiger partial charge in [0, 0.05) is 24.8 Å². The first-order chi connectivity index (χ1) is 8.33. The van der Waals surface area contributed by atoms with Crippen LogP contribution in [0.4, 0.5) is 0 Å². The molecule has 4 heteroatoms. The number of nitrogens with one attached hydrogen (secondary N) is 1. The number of hydrogen-bond acceptors (Lipinski definition) is 3. The van der Waals surface area contributed by atoms with Crippen LogP contribution in [0.1, 0.15) is 55.4 Å². The minimum Gasteiger partial charge on any atom is -0.378 e. The van der Waals surface area contributed by atoms with E-state index in [-0.39, 0.29) is 6.04 Å². The molecule has 0 spiro atoms. The first kappa shape index (κ1) is 11.2. The number of imidazole rings is 1. The second-order valence-electron chi connectivity index (χ2n) is 5.24. The summed E-state index contributed by atoms with van der Waals surface area (Å²) in [6, 6.07) is 0.135. The maximum atomic E-state index is 6.08. The van der Waals surface area contributed by atoms with E-state index in [1.165, 1.54) is 25.0 Å². The zero-order chi connectivity index (χ0) is 11.7. The fourth-order valence-corrected chi connectivity index (χ4v) is 2.89. The maximum Gasteiger partial charge on any atom is 0.109 e. The third kappa shape index (κ3) is 2.38. The molecule has 3 N–H and O–H groups in total. The normalized spacial score (nSPS) is 29.0. The van der Waals surface area contributed by atoms with Crippen molar-refractivity contribution in [1.29, 1.82) is 0 Å². The molecule has 0 saturated carbocycles. The Morgan fingerprint density at radius 2 is 2.24 bits per heavy atom. The number of rotatable bonds is 2. The second kappa shape index (κ2) is 4.78. The van der Waals surface area contributed by atoms with Gasteiger partial charge in [0.1, 0.15) is 5.82 Å². The number of aromatic nitrogens is 2. The molecule has 2 heterocycles. The highest BCUT2D eigenvalue weighted by atomic mass is 16.5. The Labute approximate surface area is 102 Å². The molecule has 2 unspecified atom stereocenters. The Balaban J connectivity index is 1.71. The predicted molar refractivity (Wildman–Crippen MR) is 65.7 cm³/mol. The van der Waals surface area contributed by atoms with Crippen molar-refractivity contribution in [3.63, 3.8) is 0 Å². The van der Waals surface area contributed by atoms with E-state index in [0.29, 0.717) is 6.10 Å². The first-order valence-electron chi connectivity index (χ1n) is 6.78. The molecule has 1 fully saturated rings. The lowest BCUT2D eigenvalue weighted by molar-refractivity contribution is 0.0157. The summed E-state index contributed by atoms with van der Waals surface area (Å²) in [5.74, 6) is 1.07. The van der Waals surface area contributed by atoms with Crippen molar-refractivity contribution in [2.75, 3.05) is 6.61 Å². The van der Waals surface area contributed by atoms with Crippen molar-refractivity contribution in [2.24, 2.45) is 5.73 Å². The van der Waals surface area contributed by atoms with E-state index in [0.717, 1.165) is 43.8 Å². The number of aryl methyl sites for hydroxylation is 1. The average Bonchev–Trinajstić information content (AvgIpc) is 2.74. The van der Waals surface area contributed by atoms with Crippen LogP contribution in [-0.2, 0) is 17.6 Å². The van der Waals surface area contributed by atoms with E-state index in [9.17, 15) is 0 Å². The van der Waals surface area contributed by atoms with Crippen LogP contribution in [0.15, 0.2) is 0 Å². The third-order valence-corrected chi connectivity index (χ3v) is 3.85. The average molecular weight is 235 g/mol. The summed E-state index contributed by atoms with van der Waals surface area (Å²) in [6.45, 7) is 0.907. The summed E-state index contributed by atoms with van der Waals surface area (Å²) >= 11 is 0. The van der Waals surface area contributed by atoms with Gasteiger partial charge in [0.2, 0.25) is 0 Å². The topological polar surface area (TPSA) is 63.9 Å². The highest BCUT2D eigenvalue weighted by Crippen LogP contribution is 2.26. The van der Waals surface area contributed by atoms with Gasteiger partial charge in [-0.05, 0) is 38.5 Å². The largest absolute Gasteiger partial charge is 0.378 e. The predicted octanol–water partition coefficient (Wildman–Crippen LogP) is 1.86. The van der Waals surface area contributed by atoms with Gasteiger partial charge in [-0.25, -0.2) is 4.98 Å². The van der Waals surface area contributed by atoms with Gasteiger partial charge in [-0.3, -0.25) is 0 Å². The van der Waals surface area contributed by atoms with Crippen molar-refractivity contribution in [3.05, 3.63) is 17.2 Å². The summed E-state index contributed by atoms with van der Waals surface area (Å²) in [4.78, 5) is 8.11. The molecule has 2 atom stereocenters. The Hall–Kier alpha value is -0.870. The highest BCUT2D eigenvalue weighted by molar-refractivity contribution is 5.21. The molecule has 1 aliphatic carbocycles. The number of nitrogens with two attached hydrogens (primary N) is 1. The van der Waals surface area contributed by atoms with E-state index in [1.807, 2.05) is 0 Å². The molecule has 1 aromatic heterocycles. The minimum absolute atomic E-state index is 0.135. The standard InChI is InChI=1S/C13H21N3O/c14-10-5-3-6-11-13(10)16-12(15-11)8-9-4-1-2-7-17-9/h9-10H,1-8,14H2,(H,15,16). The summed E-state index contributed by atoms with van der Waals surface area (Å²) in [7, 11) is 0. The molecule has 17 heavy (non-hydrogen) atoms. The molecule has 0 amide bonds. The van der Waals surface area contributed by atoms with Crippen LogP contribution < -0.4 is 5.73 Å². The van der Waals surface area contributed by atoms with Gasteiger partial charge in [0.05, 0.1) is 11.8 Å². The van der Waals surface area contributed by atoms with Crippen LogP contribution in [0.25, 0.3) is 0 Å². The highest BCUT2D eigenvalue weighted by Gasteiger charge is 2.23. The number of fused-ring (bicyclic) bond motifs is 1. The van der Waals surface area contributed by atoms with Gasteiger partial charge in [-0.15, -0.1) is 0 Å². The molecule has 0 radical (unpaired) electrons. The van der Waals surface area contributed by atoms with Crippen molar-refractivity contribution in [2.45, 2.75) is 57.1 Å². The summed E-state index contributed by atoms with van der Waals surface area (Å²) < 4.78 is 5.75. The zero-order valence-corrected chi connectivity index (χ0v) is 10.2. The minimum atomic E-state index is 0.135. The van der Waals surface area contributed by atoms with Gasteiger partial charge >= 0.3 is 0 Å². The smallest absolute Gasteiger partial charge is 0.109 e. The van der Waals surface area contributed by atoms with Gasteiger partial charge in [0.25, 0.3) is 0 Å². The Morgan fingerprint density at radius 3 is 3.00 bits per heavy atom. The SMILES string of the molecule is NC1CCCc2[nH]c(CC3CCCCO3)nc21. The van der Waals surface area contributed by atoms with Crippen molar-refractivity contribution >= 4 is 0 Å². The van der Waals surface area contributed by atoms with E-state index < -0.39 is 0 Å².